The number of hydrogen-bond acceptors (Lipinski definition) is 4. The minimum atomic E-state index is 0.444. The summed E-state index contributed by atoms with van der Waals surface area (Å²) < 4.78 is 6.11. The van der Waals surface area contributed by atoms with Gasteiger partial charge in [-0.05, 0) is 33.4 Å². The van der Waals surface area contributed by atoms with E-state index in [1.807, 2.05) is 0 Å². The van der Waals surface area contributed by atoms with Gasteiger partial charge in [0.15, 0.2) is 0 Å². The van der Waals surface area contributed by atoms with Gasteiger partial charge in [-0.15, -0.1) is 0 Å². The highest BCUT2D eigenvalue weighted by Crippen LogP contribution is 2.21. The van der Waals surface area contributed by atoms with Crippen LogP contribution < -0.4 is 5.32 Å². The molecule has 0 spiro atoms. The van der Waals surface area contributed by atoms with E-state index in [1.54, 1.807) is 0 Å². The monoisotopic (exact) mass is 255 g/mol. The van der Waals surface area contributed by atoms with Crippen molar-refractivity contribution in [1.29, 1.82) is 0 Å². The summed E-state index contributed by atoms with van der Waals surface area (Å²) in [6, 6.07) is 0.678. The summed E-state index contributed by atoms with van der Waals surface area (Å²) in [6.45, 7) is 11.2. The largest absolute Gasteiger partial charge is 0.372 e. The van der Waals surface area contributed by atoms with Gasteiger partial charge in [0, 0.05) is 38.8 Å². The first-order valence-corrected chi connectivity index (χ1v) is 7.47. The van der Waals surface area contributed by atoms with Crippen molar-refractivity contribution in [3.05, 3.63) is 0 Å². The average Bonchev–Trinajstić information content (AvgIpc) is 2.79. The van der Waals surface area contributed by atoms with Crippen molar-refractivity contribution in [1.82, 2.24) is 15.1 Å². The van der Waals surface area contributed by atoms with E-state index in [2.05, 4.69) is 36.0 Å². The Morgan fingerprint density at radius 2 is 2.00 bits per heavy atom. The molecule has 0 saturated carbocycles. The van der Waals surface area contributed by atoms with Crippen molar-refractivity contribution in [3.63, 3.8) is 0 Å². The Morgan fingerprint density at radius 3 is 2.72 bits per heavy atom. The van der Waals surface area contributed by atoms with Gasteiger partial charge in [-0.1, -0.05) is 6.92 Å². The molecule has 0 aliphatic carbocycles. The summed E-state index contributed by atoms with van der Waals surface area (Å²) >= 11 is 0. The van der Waals surface area contributed by atoms with Crippen LogP contribution in [0.15, 0.2) is 0 Å². The van der Waals surface area contributed by atoms with Crippen molar-refractivity contribution in [3.8, 4) is 0 Å². The molecular formula is C14H29N3O. The molecule has 3 unspecified atom stereocenters. The maximum Gasteiger partial charge on any atom is 0.0707 e. The Bertz CT molecular complexity index is 249. The molecule has 3 atom stereocenters. The first kappa shape index (κ1) is 14.3. The van der Waals surface area contributed by atoms with Crippen molar-refractivity contribution in [2.75, 3.05) is 46.3 Å². The van der Waals surface area contributed by atoms with E-state index in [-0.39, 0.29) is 0 Å². The third-order valence-corrected chi connectivity index (χ3v) is 4.32. The Balaban J connectivity index is 1.68. The average molecular weight is 255 g/mol. The third-order valence-electron chi connectivity index (χ3n) is 4.32. The van der Waals surface area contributed by atoms with Crippen molar-refractivity contribution in [2.24, 2.45) is 0 Å². The lowest BCUT2D eigenvalue weighted by atomic mass is 10.1. The maximum absolute atomic E-state index is 6.11. The molecule has 2 saturated heterocycles. The lowest BCUT2D eigenvalue weighted by Gasteiger charge is -2.38. The van der Waals surface area contributed by atoms with Crippen LogP contribution >= 0.6 is 0 Å². The van der Waals surface area contributed by atoms with E-state index in [1.165, 1.54) is 32.5 Å². The molecule has 2 heterocycles. The van der Waals surface area contributed by atoms with E-state index >= 15 is 0 Å². The quantitative estimate of drug-likeness (QED) is 0.786. The van der Waals surface area contributed by atoms with Crippen LogP contribution in [0.5, 0.6) is 0 Å². The molecule has 4 heteroatoms. The summed E-state index contributed by atoms with van der Waals surface area (Å²) in [5.74, 6) is 0. The number of hydrogen-bond donors (Lipinski definition) is 1. The van der Waals surface area contributed by atoms with Crippen LogP contribution in [0.25, 0.3) is 0 Å². The molecule has 2 aliphatic heterocycles. The zero-order valence-corrected chi connectivity index (χ0v) is 12.2. The van der Waals surface area contributed by atoms with E-state index in [9.17, 15) is 0 Å². The molecule has 1 N–H and O–H groups in total. The van der Waals surface area contributed by atoms with Gasteiger partial charge in [0.1, 0.15) is 0 Å². The summed E-state index contributed by atoms with van der Waals surface area (Å²) in [7, 11) is 2.22. The second kappa shape index (κ2) is 6.85. The molecule has 4 nitrogen and oxygen atoms in total. The zero-order valence-electron chi connectivity index (χ0n) is 12.2. The van der Waals surface area contributed by atoms with Crippen LogP contribution in [0.3, 0.4) is 0 Å². The summed E-state index contributed by atoms with van der Waals surface area (Å²) in [6.07, 6.45) is 3.36. The molecule has 0 aromatic carbocycles. The first-order chi connectivity index (χ1) is 8.69. The number of nitrogens with one attached hydrogen (secondary N) is 1. The molecule has 2 rings (SSSR count). The summed E-state index contributed by atoms with van der Waals surface area (Å²) in [4.78, 5) is 5.02. The van der Waals surface area contributed by atoms with E-state index < -0.39 is 0 Å². The fourth-order valence-electron chi connectivity index (χ4n) is 2.95. The highest BCUT2D eigenvalue weighted by Gasteiger charge is 2.28. The molecule has 0 aromatic heterocycles. The van der Waals surface area contributed by atoms with Gasteiger partial charge in [-0.2, -0.15) is 0 Å². The van der Waals surface area contributed by atoms with Gasteiger partial charge in [-0.25, -0.2) is 0 Å². The van der Waals surface area contributed by atoms with Crippen molar-refractivity contribution >= 4 is 0 Å². The SMILES string of the molecule is CCNCC1CCC(CN2CCN(C)C(C)C2)O1. The molecule has 106 valence electrons. The van der Waals surface area contributed by atoms with Gasteiger partial charge >= 0.3 is 0 Å². The highest BCUT2D eigenvalue weighted by atomic mass is 16.5. The van der Waals surface area contributed by atoms with Crippen LogP contribution in [0.2, 0.25) is 0 Å². The second-order valence-electron chi connectivity index (χ2n) is 5.85. The summed E-state index contributed by atoms with van der Waals surface area (Å²) in [5, 5.41) is 3.38. The predicted octanol–water partition coefficient (Wildman–Crippen LogP) is 0.779. The fourth-order valence-corrected chi connectivity index (χ4v) is 2.95. The lowest BCUT2D eigenvalue weighted by molar-refractivity contribution is 0.00728. The van der Waals surface area contributed by atoms with Crippen LogP contribution in [0.4, 0.5) is 0 Å². The smallest absolute Gasteiger partial charge is 0.0707 e. The lowest BCUT2D eigenvalue weighted by Crippen LogP contribution is -2.51. The fraction of sp³-hybridized carbons (Fsp3) is 1.00. The Labute approximate surface area is 112 Å². The van der Waals surface area contributed by atoms with E-state index in [0.29, 0.717) is 18.2 Å². The second-order valence-corrected chi connectivity index (χ2v) is 5.85. The van der Waals surface area contributed by atoms with Gasteiger partial charge < -0.3 is 15.0 Å². The minimum absolute atomic E-state index is 0.444. The third kappa shape index (κ3) is 3.92. The predicted molar refractivity (Wildman–Crippen MR) is 75.0 cm³/mol. The molecule has 18 heavy (non-hydrogen) atoms. The van der Waals surface area contributed by atoms with Crippen LogP contribution in [0, 0.1) is 0 Å². The maximum atomic E-state index is 6.11. The molecular weight excluding hydrogens is 226 g/mol. The number of rotatable bonds is 5. The van der Waals surface area contributed by atoms with Gasteiger partial charge in [0.25, 0.3) is 0 Å². The number of nitrogens with zero attached hydrogens (tertiary/aromatic N) is 2. The number of piperazine rings is 1. The molecule has 0 bridgehead atoms. The Hall–Kier alpha value is -0.160. The topological polar surface area (TPSA) is 27.7 Å². The van der Waals surface area contributed by atoms with Crippen molar-refractivity contribution < 1.29 is 4.74 Å². The minimum Gasteiger partial charge on any atom is -0.372 e. The molecule has 2 fully saturated rings. The normalized spacial score (nSPS) is 35.2. The number of likely N-dealkylation sites (N-methyl/N-ethyl adjacent to an activating group) is 2. The van der Waals surface area contributed by atoms with E-state index in [4.69, 9.17) is 4.74 Å². The van der Waals surface area contributed by atoms with Gasteiger partial charge in [0.2, 0.25) is 0 Å². The van der Waals surface area contributed by atoms with Crippen LogP contribution in [0.1, 0.15) is 26.7 Å². The first-order valence-electron chi connectivity index (χ1n) is 7.47. The van der Waals surface area contributed by atoms with Gasteiger partial charge in [-0.3, -0.25) is 4.90 Å². The molecule has 0 radical (unpaired) electrons. The highest BCUT2D eigenvalue weighted by molar-refractivity contribution is 4.82. The van der Waals surface area contributed by atoms with E-state index in [0.717, 1.165) is 19.6 Å². The molecule has 0 amide bonds. The standard InChI is InChI=1S/C14H29N3O/c1-4-15-9-13-5-6-14(18-13)11-17-8-7-16(3)12(2)10-17/h12-15H,4-11H2,1-3H3. The Kier molecular flexibility index (Phi) is 5.42. The molecule has 2 aliphatic rings. The van der Waals surface area contributed by atoms with Crippen molar-refractivity contribution in [2.45, 2.75) is 44.9 Å². The summed E-state index contributed by atoms with van der Waals surface area (Å²) in [5.41, 5.74) is 0. The zero-order chi connectivity index (χ0) is 13.0. The van der Waals surface area contributed by atoms with Gasteiger partial charge in [0.05, 0.1) is 12.2 Å². The van der Waals surface area contributed by atoms with Crippen LogP contribution in [-0.4, -0.2) is 74.4 Å². The number of ether oxygens (including phenoxy) is 1. The molecule has 0 aromatic rings. The van der Waals surface area contributed by atoms with Crippen LogP contribution in [-0.2, 0) is 4.74 Å². The Morgan fingerprint density at radius 1 is 1.22 bits per heavy atom.